The molecular formula is C55H38N2. The molecule has 11 rings (SSSR count). The van der Waals surface area contributed by atoms with Crippen molar-refractivity contribution in [2.75, 3.05) is 4.90 Å². The van der Waals surface area contributed by atoms with E-state index in [1.807, 2.05) is 6.08 Å². The lowest BCUT2D eigenvalue weighted by molar-refractivity contribution is 0.739. The Labute approximate surface area is 333 Å². The van der Waals surface area contributed by atoms with E-state index in [2.05, 4.69) is 223 Å². The molecule has 2 heteroatoms. The van der Waals surface area contributed by atoms with Crippen molar-refractivity contribution in [3.05, 3.63) is 247 Å². The minimum absolute atomic E-state index is 0.651. The maximum atomic E-state index is 4.58. The van der Waals surface area contributed by atoms with Gasteiger partial charge in [-0.25, -0.2) is 0 Å². The minimum atomic E-state index is -0.651. The molecule has 2 heterocycles. The summed E-state index contributed by atoms with van der Waals surface area (Å²) in [7, 11) is 0. The molecular weight excluding hydrogens is 689 g/mol. The van der Waals surface area contributed by atoms with Crippen LogP contribution in [-0.2, 0) is 5.41 Å². The van der Waals surface area contributed by atoms with Crippen molar-refractivity contribution in [3.8, 4) is 39.1 Å². The first-order valence-electron chi connectivity index (χ1n) is 19.6. The molecule has 0 amide bonds. The zero-order chi connectivity index (χ0) is 38.1. The van der Waals surface area contributed by atoms with Crippen molar-refractivity contribution < 1.29 is 0 Å². The molecule has 1 spiro atoms. The van der Waals surface area contributed by atoms with Crippen LogP contribution < -0.4 is 4.90 Å². The van der Waals surface area contributed by atoms with E-state index in [0.29, 0.717) is 0 Å². The summed E-state index contributed by atoms with van der Waals surface area (Å²) in [6.07, 6.45) is 4.10. The third kappa shape index (κ3) is 4.71. The van der Waals surface area contributed by atoms with Crippen molar-refractivity contribution in [2.24, 2.45) is 0 Å². The number of aromatic nitrogens is 1. The quantitative estimate of drug-likeness (QED) is 0.166. The fraction of sp³-hybridized carbons (Fsp3) is 0.0182. The summed E-state index contributed by atoms with van der Waals surface area (Å²) in [6, 6.07) is 70.7. The highest BCUT2D eigenvalue weighted by Crippen LogP contribution is 2.63. The number of para-hydroxylation sites is 3. The van der Waals surface area contributed by atoms with Gasteiger partial charge in [-0.3, -0.25) is 0 Å². The molecule has 2 aliphatic rings. The third-order valence-electron chi connectivity index (χ3n) is 12.2. The molecule has 0 saturated heterocycles. The van der Waals surface area contributed by atoms with E-state index < -0.39 is 5.41 Å². The van der Waals surface area contributed by atoms with E-state index in [1.165, 1.54) is 71.9 Å². The highest BCUT2D eigenvalue weighted by atomic mass is 15.2. The van der Waals surface area contributed by atoms with Crippen LogP contribution in [0.5, 0.6) is 0 Å². The summed E-state index contributed by atoms with van der Waals surface area (Å²) in [5, 5.41) is 2.51. The van der Waals surface area contributed by atoms with Crippen molar-refractivity contribution >= 4 is 33.2 Å². The normalized spacial score (nSPS) is 13.8. The van der Waals surface area contributed by atoms with Gasteiger partial charge in [0.05, 0.1) is 27.8 Å². The summed E-state index contributed by atoms with van der Waals surface area (Å²) in [5.74, 6) is 0. The number of nitrogens with zero attached hydrogens (tertiary/aromatic N) is 2. The number of allylic oxidation sites excluding steroid dienone is 3. The Morgan fingerprint density at radius 1 is 0.404 bits per heavy atom. The van der Waals surface area contributed by atoms with E-state index in [-0.39, 0.29) is 0 Å². The first-order chi connectivity index (χ1) is 28.2. The van der Waals surface area contributed by atoms with Crippen LogP contribution in [0.15, 0.2) is 231 Å². The average molecular weight is 727 g/mol. The smallest absolute Gasteiger partial charge is 0.0754 e. The SMILES string of the molecule is C=CC1=C(C=C)C2(c3cc(-c4ccccc4)ccc3-c3ccc(-c4ccccc4)cc32)c2ccccc2N1c1ccc(-n2c3ccccc3c3ccccc32)cc1. The van der Waals surface area contributed by atoms with Crippen LogP contribution in [-0.4, -0.2) is 4.57 Å². The zero-order valence-corrected chi connectivity index (χ0v) is 31.4. The van der Waals surface area contributed by atoms with Crippen molar-refractivity contribution in [1.29, 1.82) is 0 Å². The highest BCUT2D eigenvalue weighted by Gasteiger charge is 2.52. The second-order valence-corrected chi connectivity index (χ2v) is 14.9. The van der Waals surface area contributed by atoms with Gasteiger partial charge in [-0.1, -0.05) is 159 Å². The second-order valence-electron chi connectivity index (χ2n) is 14.9. The minimum Gasteiger partial charge on any atom is -0.310 e. The second kappa shape index (κ2) is 12.8. The molecule has 0 fully saturated rings. The maximum Gasteiger partial charge on any atom is 0.0754 e. The Kier molecular flexibility index (Phi) is 7.42. The van der Waals surface area contributed by atoms with Gasteiger partial charge in [0.1, 0.15) is 0 Å². The predicted octanol–water partition coefficient (Wildman–Crippen LogP) is 14.2. The van der Waals surface area contributed by atoms with Gasteiger partial charge in [-0.15, -0.1) is 0 Å². The Bertz CT molecular complexity index is 2950. The van der Waals surface area contributed by atoms with E-state index >= 15 is 0 Å². The van der Waals surface area contributed by atoms with Crippen LogP contribution in [0.1, 0.15) is 16.7 Å². The molecule has 9 aromatic rings. The van der Waals surface area contributed by atoms with Crippen molar-refractivity contribution in [1.82, 2.24) is 4.57 Å². The Balaban J connectivity index is 1.16. The van der Waals surface area contributed by atoms with Gasteiger partial charge in [0.15, 0.2) is 0 Å². The average Bonchev–Trinajstić information content (AvgIpc) is 3.77. The monoisotopic (exact) mass is 726 g/mol. The van der Waals surface area contributed by atoms with E-state index in [9.17, 15) is 0 Å². The van der Waals surface area contributed by atoms with Crippen LogP contribution >= 0.6 is 0 Å². The molecule has 1 aromatic heterocycles. The molecule has 1 aliphatic carbocycles. The fourth-order valence-corrected chi connectivity index (χ4v) is 9.79. The van der Waals surface area contributed by atoms with Gasteiger partial charge < -0.3 is 9.47 Å². The lowest BCUT2D eigenvalue weighted by atomic mass is 9.63. The van der Waals surface area contributed by atoms with Gasteiger partial charge >= 0.3 is 0 Å². The number of hydrogen-bond donors (Lipinski definition) is 0. The van der Waals surface area contributed by atoms with Crippen LogP contribution in [0.25, 0.3) is 60.9 Å². The first kappa shape index (κ1) is 33.0. The topological polar surface area (TPSA) is 8.17 Å². The Morgan fingerprint density at radius 2 is 0.895 bits per heavy atom. The number of hydrogen-bond acceptors (Lipinski definition) is 1. The standard InChI is InChI=1S/C55H38N2/c1-3-47-51(4-2)56(41-29-31-42(32-30-41)57-52-24-14-11-21-45(52)46-22-12-15-25-53(46)57)54-26-16-13-23-48(54)55(47)49-35-39(37-17-7-5-8-18-37)27-33-43(49)44-34-28-40(36-50(44)55)38-19-9-6-10-20-38/h3-36H,1-2H2. The lowest BCUT2D eigenvalue weighted by Gasteiger charge is -2.45. The Hall–Kier alpha value is -7.42. The molecule has 1 aliphatic heterocycles. The molecule has 0 radical (unpaired) electrons. The number of anilines is 2. The van der Waals surface area contributed by atoms with Crippen molar-refractivity contribution in [3.63, 3.8) is 0 Å². The fourth-order valence-electron chi connectivity index (χ4n) is 9.79. The zero-order valence-electron chi connectivity index (χ0n) is 31.4. The first-order valence-corrected chi connectivity index (χ1v) is 19.6. The summed E-state index contributed by atoms with van der Waals surface area (Å²) in [4.78, 5) is 2.38. The molecule has 0 saturated carbocycles. The highest BCUT2D eigenvalue weighted by molar-refractivity contribution is 6.09. The van der Waals surface area contributed by atoms with Gasteiger partial charge in [-0.05, 0) is 116 Å². The van der Waals surface area contributed by atoms with Crippen molar-refractivity contribution in [2.45, 2.75) is 5.41 Å². The number of rotatable bonds is 6. The van der Waals surface area contributed by atoms with Crippen LogP contribution in [0.4, 0.5) is 11.4 Å². The molecule has 2 nitrogen and oxygen atoms in total. The van der Waals surface area contributed by atoms with Gasteiger partial charge in [0.2, 0.25) is 0 Å². The molecule has 0 atom stereocenters. The number of benzene rings is 8. The van der Waals surface area contributed by atoms with Crippen LogP contribution in [0.3, 0.4) is 0 Å². The maximum absolute atomic E-state index is 4.58. The van der Waals surface area contributed by atoms with Crippen LogP contribution in [0, 0.1) is 0 Å². The summed E-state index contributed by atoms with van der Waals surface area (Å²) >= 11 is 0. The third-order valence-corrected chi connectivity index (χ3v) is 12.2. The van der Waals surface area contributed by atoms with E-state index in [1.54, 1.807) is 0 Å². The lowest BCUT2D eigenvalue weighted by Crippen LogP contribution is -2.38. The molecule has 0 bridgehead atoms. The summed E-state index contributed by atoms with van der Waals surface area (Å²) < 4.78 is 2.37. The molecule has 0 N–H and O–H groups in total. The summed E-state index contributed by atoms with van der Waals surface area (Å²) in [6.45, 7) is 9.08. The van der Waals surface area contributed by atoms with E-state index in [4.69, 9.17) is 0 Å². The summed E-state index contributed by atoms with van der Waals surface area (Å²) in [5.41, 5.74) is 18.1. The van der Waals surface area contributed by atoms with Gasteiger partial charge in [-0.2, -0.15) is 0 Å². The number of fused-ring (bicyclic) bond motifs is 10. The van der Waals surface area contributed by atoms with Gasteiger partial charge in [0.25, 0.3) is 0 Å². The van der Waals surface area contributed by atoms with E-state index in [0.717, 1.165) is 28.3 Å². The molecule has 268 valence electrons. The largest absolute Gasteiger partial charge is 0.310 e. The molecule has 8 aromatic carbocycles. The van der Waals surface area contributed by atoms with Gasteiger partial charge in [0, 0.05) is 22.1 Å². The Morgan fingerprint density at radius 3 is 1.44 bits per heavy atom. The molecule has 0 unspecified atom stereocenters. The van der Waals surface area contributed by atoms with Crippen LogP contribution in [0.2, 0.25) is 0 Å². The predicted molar refractivity (Wildman–Crippen MR) is 239 cm³/mol. The molecule has 57 heavy (non-hydrogen) atoms.